The fourth-order valence-corrected chi connectivity index (χ4v) is 5.12. The Morgan fingerprint density at radius 2 is 1.64 bits per heavy atom. The van der Waals surface area contributed by atoms with Crippen molar-refractivity contribution in [3.63, 3.8) is 0 Å². The van der Waals surface area contributed by atoms with Crippen LogP contribution in [-0.2, 0) is 14.3 Å². The second kappa shape index (κ2) is 12.2. The zero-order chi connectivity index (χ0) is 25.3. The molecule has 1 heterocycles. The van der Waals surface area contributed by atoms with Crippen molar-refractivity contribution in [1.29, 1.82) is 0 Å². The standard InChI is InChI=1S/C27H24N2O5S2/c1-32-22-14-13-19(15-23(22)33-2)21-17-35-27(28-21)29-24(30)16-34-26(31)25(18-9-5-3-6-10-18)36-20-11-7-4-8-12-20/h3-15,17,25H,16H2,1-2H3,(H,28,29,30). The number of methoxy groups -OCH3 is 2. The van der Waals surface area contributed by atoms with Gasteiger partial charge in [0.05, 0.1) is 19.9 Å². The summed E-state index contributed by atoms with van der Waals surface area (Å²) in [6, 6.07) is 24.4. The number of aromatic nitrogens is 1. The summed E-state index contributed by atoms with van der Waals surface area (Å²) in [5.74, 6) is 0.247. The van der Waals surface area contributed by atoms with E-state index in [0.29, 0.717) is 22.3 Å². The molecule has 1 amide bonds. The largest absolute Gasteiger partial charge is 0.493 e. The number of amides is 1. The van der Waals surface area contributed by atoms with Crippen LogP contribution in [0.1, 0.15) is 10.8 Å². The molecule has 9 heteroatoms. The van der Waals surface area contributed by atoms with Gasteiger partial charge in [0.1, 0.15) is 5.25 Å². The van der Waals surface area contributed by atoms with E-state index >= 15 is 0 Å². The number of nitrogens with one attached hydrogen (secondary N) is 1. The van der Waals surface area contributed by atoms with Crippen LogP contribution in [0.5, 0.6) is 11.5 Å². The maximum Gasteiger partial charge on any atom is 0.324 e. The number of carbonyl (C=O) groups is 2. The predicted octanol–water partition coefficient (Wildman–Crippen LogP) is 5.84. The Bertz CT molecular complexity index is 1310. The Kier molecular flexibility index (Phi) is 8.59. The first kappa shape index (κ1) is 25.3. The van der Waals surface area contributed by atoms with Crippen molar-refractivity contribution in [3.05, 3.63) is 89.8 Å². The molecule has 184 valence electrons. The predicted molar refractivity (Wildman–Crippen MR) is 142 cm³/mol. The van der Waals surface area contributed by atoms with Crippen LogP contribution >= 0.6 is 23.1 Å². The van der Waals surface area contributed by atoms with Gasteiger partial charge in [-0.25, -0.2) is 4.98 Å². The smallest absolute Gasteiger partial charge is 0.324 e. The Labute approximate surface area is 217 Å². The minimum atomic E-state index is -0.599. The Hall–Kier alpha value is -3.82. The van der Waals surface area contributed by atoms with Crippen LogP contribution < -0.4 is 14.8 Å². The molecule has 0 spiro atoms. The number of esters is 1. The summed E-state index contributed by atoms with van der Waals surface area (Å²) in [7, 11) is 3.14. The molecule has 0 fully saturated rings. The molecule has 0 saturated carbocycles. The van der Waals surface area contributed by atoms with Crippen molar-refractivity contribution in [1.82, 2.24) is 4.98 Å². The molecule has 4 aromatic rings. The van der Waals surface area contributed by atoms with Crippen LogP contribution in [-0.4, -0.2) is 37.7 Å². The molecule has 7 nitrogen and oxygen atoms in total. The number of rotatable bonds is 10. The summed E-state index contributed by atoms with van der Waals surface area (Å²) in [5, 5.41) is 4.32. The van der Waals surface area contributed by atoms with Gasteiger partial charge in [-0.15, -0.1) is 23.1 Å². The van der Waals surface area contributed by atoms with E-state index in [0.717, 1.165) is 16.0 Å². The Balaban J connectivity index is 1.38. The first-order valence-corrected chi connectivity index (χ1v) is 12.7. The third-order valence-electron chi connectivity index (χ3n) is 5.09. The SMILES string of the molecule is COc1ccc(-c2csc(NC(=O)COC(=O)C(Sc3ccccc3)c3ccccc3)n2)cc1OC. The summed E-state index contributed by atoms with van der Waals surface area (Å²) in [4.78, 5) is 30.8. The van der Waals surface area contributed by atoms with Gasteiger partial charge in [-0.2, -0.15) is 0 Å². The molecule has 1 unspecified atom stereocenters. The second-order valence-electron chi connectivity index (χ2n) is 7.49. The molecule has 36 heavy (non-hydrogen) atoms. The highest BCUT2D eigenvalue weighted by molar-refractivity contribution is 8.00. The van der Waals surface area contributed by atoms with Gasteiger partial charge in [0.25, 0.3) is 5.91 Å². The highest BCUT2D eigenvalue weighted by atomic mass is 32.2. The first-order valence-electron chi connectivity index (χ1n) is 11.0. The van der Waals surface area contributed by atoms with Crippen molar-refractivity contribution < 1.29 is 23.8 Å². The lowest BCUT2D eigenvalue weighted by atomic mass is 10.1. The maximum absolute atomic E-state index is 12.9. The molecule has 4 rings (SSSR count). The highest BCUT2D eigenvalue weighted by Crippen LogP contribution is 2.36. The van der Waals surface area contributed by atoms with E-state index in [-0.39, 0.29) is 0 Å². The molecular weight excluding hydrogens is 496 g/mol. The van der Waals surface area contributed by atoms with E-state index in [2.05, 4.69) is 10.3 Å². The van der Waals surface area contributed by atoms with Crippen molar-refractivity contribution in [2.45, 2.75) is 10.1 Å². The van der Waals surface area contributed by atoms with Crippen molar-refractivity contribution in [2.75, 3.05) is 26.1 Å². The van der Waals surface area contributed by atoms with Crippen LogP contribution in [0, 0.1) is 0 Å². The molecule has 0 aliphatic heterocycles. The number of benzene rings is 3. The molecule has 1 atom stereocenters. The zero-order valence-corrected chi connectivity index (χ0v) is 21.3. The summed E-state index contributed by atoms with van der Waals surface area (Å²) >= 11 is 2.65. The van der Waals surface area contributed by atoms with E-state index in [1.165, 1.54) is 23.1 Å². The average molecular weight is 521 g/mol. The quantitative estimate of drug-likeness (QED) is 0.208. The molecule has 0 aliphatic carbocycles. The minimum absolute atomic E-state index is 0.402. The van der Waals surface area contributed by atoms with Crippen molar-refractivity contribution >= 4 is 40.1 Å². The first-order chi connectivity index (χ1) is 17.6. The van der Waals surface area contributed by atoms with Crippen LogP contribution in [0.3, 0.4) is 0 Å². The number of carbonyl (C=O) groups excluding carboxylic acids is 2. The fraction of sp³-hybridized carbons (Fsp3) is 0.148. The monoisotopic (exact) mass is 520 g/mol. The average Bonchev–Trinajstić information content (AvgIpc) is 3.39. The van der Waals surface area contributed by atoms with Crippen molar-refractivity contribution in [2.24, 2.45) is 0 Å². The van der Waals surface area contributed by atoms with Gasteiger partial charge in [-0.1, -0.05) is 48.5 Å². The Morgan fingerprint density at radius 1 is 0.944 bits per heavy atom. The number of thiazole rings is 1. The van der Waals surface area contributed by atoms with Crippen LogP contribution in [0.15, 0.2) is 89.1 Å². The molecule has 0 bridgehead atoms. The number of hydrogen-bond donors (Lipinski definition) is 1. The topological polar surface area (TPSA) is 86.8 Å². The van der Waals surface area contributed by atoms with Gasteiger partial charge in [-0.05, 0) is 35.9 Å². The van der Waals surface area contributed by atoms with E-state index < -0.39 is 23.7 Å². The number of hydrogen-bond acceptors (Lipinski definition) is 8. The third-order valence-corrected chi connectivity index (χ3v) is 7.09. The van der Waals surface area contributed by atoms with Gasteiger partial charge in [0.15, 0.2) is 23.2 Å². The number of nitrogens with zero attached hydrogens (tertiary/aromatic N) is 1. The van der Waals surface area contributed by atoms with Gasteiger partial charge in [-0.3, -0.25) is 14.9 Å². The lowest BCUT2D eigenvalue weighted by Gasteiger charge is -2.16. The van der Waals surface area contributed by atoms with E-state index in [4.69, 9.17) is 14.2 Å². The molecule has 0 saturated heterocycles. The van der Waals surface area contributed by atoms with Gasteiger partial charge in [0, 0.05) is 15.8 Å². The molecule has 1 N–H and O–H groups in total. The van der Waals surface area contributed by atoms with Gasteiger partial charge in [0.2, 0.25) is 0 Å². The third kappa shape index (κ3) is 6.44. The minimum Gasteiger partial charge on any atom is -0.493 e. The number of anilines is 1. The van der Waals surface area contributed by atoms with E-state index in [1.54, 1.807) is 20.3 Å². The van der Waals surface area contributed by atoms with Gasteiger partial charge < -0.3 is 14.2 Å². The number of thioether (sulfide) groups is 1. The summed E-state index contributed by atoms with van der Waals surface area (Å²) < 4.78 is 16.0. The summed E-state index contributed by atoms with van der Waals surface area (Å²) in [6.45, 7) is -0.414. The molecule has 0 radical (unpaired) electrons. The summed E-state index contributed by atoms with van der Waals surface area (Å²) in [5.41, 5.74) is 2.30. The van der Waals surface area contributed by atoms with Crippen LogP contribution in [0.25, 0.3) is 11.3 Å². The van der Waals surface area contributed by atoms with Crippen molar-refractivity contribution in [3.8, 4) is 22.8 Å². The normalized spacial score (nSPS) is 11.4. The maximum atomic E-state index is 12.9. The van der Waals surface area contributed by atoms with E-state index in [9.17, 15) is 9.59 Å². The molecule has 1 aromatic heterocycles. The van der Waals surface area contributed by atoms with Crippen LogP contribution in [0.4, 0.5) is 5.13 Å². The molecule has 0 aliphatic rings. The Morgan fingerprint density at radius 3 is 2.33 bits per heavy atom. The molecule has 3 aromatic carbocycles. The molecular formula is C27H24N2O5S2. The second-order valence-corrected chi connectivity index (χ2v) is 9.52. The highest BCUT2D eigenvalue weighted by Gasteiger charge is 2.24. The zero-order valence-electron chi connectivity index (χ0n) is 19.7. The van der Waals surface area contributed by atoms with E-state index in [1.807, 2.05) is 78.2 Å². The lowest BCUT2D eigenvalue weighted by molar-refractivity contribution is -0.146. The fourth-order valence-electron chi connectivity index (χ4n) is 3.34. The lowest BCUT2D eigenvalue weighted by Crippen LogP contribution is -2.23. The summed E-state index contributed by atoms with van der Waals surface area (Å²) in [6.07, 6.45) is 0. The number of ether oxygens (including phenoxy) is 3. The van der Waals surface area contributed by atoms with Crippen LogP contribution in [0.2, 0.25) is 0 Å². The van der Waals surface area contributed by atoms with Gasteiger partial charge >= 0.3 is 5.97 Å².